The summed E-state index contributed by atoms with van der Waals surface area (Å²) in [6.07, 6.45) is 10.7. The van der Waals surface area contributed by atoms with Crippen molar-refractivity contribution in [1.82, 2.24) is 0 Å². The van der Waals surface area contributed by atoms with E-state index < -0.39 is 0 Å². The number of hydrogen-bond acceptors (Lipinski definition) is 2. The molecule has 0 aromatic heterocycles. The molecule has 0 saturated carbocycles. The molecule has 0 aliphatic rings. The van der Waals surface area contributed by atoms with Crippen LogP contribution in [-0.2, 0) is 9.53 Å². The van der Waals surface area contributed by atoms with Gasteiger partial charge in [-0.3, -0.25) is 4.79 Å². The van der Waals surface area contributed by atoms with Crippen LogP contribution in [0.4, 0.5) is 0 Å². The van der Waals surface area contributed by atoms with Crippen LogP contribution in [0.5, 0.6) is 0 Å². The van der Waals surface area contributed by atoms with E-state index in [1.54, 1.807) is 0 Å². The monoisotopic (exact) mass is 306 g/mol. The highest BCUT2D eigenvalue weighted by atomic mass is 35.5. The van der Waals surface area contributed by atoms with Gasteiger partial charge in [0.15, 0.2) is 0 Å². The number of allylic oxidation sites excluding steroid dienone is 3. The molecule has 2 nitrogen and oxygen atoms in total. The number of benzene rings is 1. The van der Waals surface area contributed by atoms with Crippen LogP contribution in [0.15, 0.2) is 42.5 Å². The molecule has 114 valence electrons. The Balaban J connectivity index is 2.45. The van der Waals surface area contributed by atoms with E-state index in [2.05, 4.69) is 42.9 Å². The average molecular weight is 307 g/mol. The molecule has 0 aliphatic carbocycles. The Labute approximate surface area is 132 Å². The predicted molar refractivity (Wildman–Crippen MR) is 89.3 cm³/mol. The van der Waals surface area contributed by atoms with Gasteiger partial charge in [-0.05, 0) is 30.5 Å². The van der Waals surface area contributed by atoms with E-state index in [0.29, 0.717) is 6.42 Å². The van der Waals surface area contributed by atoms with Gasteiger partial charge in [-0.2, -0.15) is 0 Å². The minimum absolute atomic E-state index is 0.0229. The zero-order valence-corrected chi connectivity index (χ0v) is 13.7. The molecule has 1 aromatic rings. The molecule has 0 spiro atoms. The van der Waals surface area contributed by atoms with E-state index in [1.165, 1.54) is 7.11 Å². The first-order valence-electron chi connectivity index (χ1n) is 7.12. The van der Waals surface area contributed by atoms with Crippen LogP contribution in [0.1, 0.15) is 38.7 Å². The summed E-state index contributed by atoms with van der Waals surface area (Å²) in [7, 11) is 1.42. The highest BCUT2D eigenvalue weighted by molar-refractivity contribution is 6.30. The summed E-state index contributed by atoms with van der Waals surface area (Å²) < 4.78 is 4.61. The van der Waals surface area contributed by atoms with Crippen molar-refractivity contribution in [2.24, 2.45) is 5.41 Å². The molecule has 0 aliphatic heterocycles. The van der Waals surface area contributed by atoms with Crippen molar-refractivity contribution in [3.8, 4) is 0 Å². The molecule has 0 unspecified atom stereocenters. The second-order valence-electron chi connectivity index (χ2n) is 5.58. The number of hydrogen-bond donors (Lipinski definition) is 0. The van der Waals surface area contributed by atoms with E-state index in [1.807, 2.05) is 24.3 Å². The fraction of sp³-hybridized carbons (Fsp3) is 0.389. The molecular formula is C18H23ClO2. The largest absolute Gasteiger partial charge is 0.469 e. The third kappa shape index (κ3) is 7.72. The highest BCUT2D eigenvalue weighted by Gasteiger charge is 2.08. The summed E-state index contributed by atoms with van der Waals surface area (Å²) in [6.45, 7) is 4.30. The molecule has 0 saturated heterocycles. The number of carbonyl (C=O) groups excluding carboxylic acids is 1. The SMILES string of the molecule is COC(=O)CCC/C=C\C(C)(C)/C=C/c1ccc(Cl)cc1. The first-order chi connectivity index (χ1) is 9.93. The molecule has 0 amide bonds. The smallest absolute Gasteiger partial charge is 0.305 e. The quantitative estimate of drug-likeness (QED) is 0.389. The summed E-state index contributed by atoms with van der Waals surface area (Å²) in [4.78, 5) is 11.0. The lowest BCUT2D eigenvalue weighted by Crippen LogP contribution is -2.02. The predicted octanol–water partition coefficient (Wildman–Crippen LogP) is 5.28. The number of rotatable bonds is 7. The lowest BCUT2D eigenvalue weighted by atomic mass is 9.91. The van der Waals surface area contributed by atoms with Gasteiger partial charge in [-0.25, -0.2) is 0 Å². The second-order valence-corrected chi connectivity index (χ2v) is 6.01. The molecule has 3 heteroatoms. The van der Waals surface area contributed by atoms with E-state index in [4.69, 9.17) is 11.6 Å². The standard InChI is InChI=1S/C18H23ClO2/c1-18(2,13-6-4-5-7-17(20)21-3)14-12-15-8-10-16(19)11-9-15/h6,8-14H,4-5,7H2,1-3H3/b13-6-,14-12+. The van der Waals surface area contributed by atoms with Crippen molar-refractivity contribution in [1.29, 1.82) is 0 Å². The van der Waals surface area contributed by atoms with Gasteiger partial charge < -0.3 is 4.74 Å². The number of halogens is 1. The summed E-state index contributed by atoms with van der Waals surface area (Å²) in [6, 6.07) is 7.76. The van der Waals surface area contributed by atoms with Crippen LogP contribution in [-0.4, -0.2) is 13.1 Å². The highest BCUT2D eigenvalue weighted by Crippen LogP contribution is 2.22. The van der Waals surface area contributed by atoms with E-state index in [0.717, 1.165) is 23.4 Å². The van der Waals surface area contributed by atoms with Crippen molar-refractivity contribution < 1.29 is 9.53 Å². The first kappa shape index (κ1) is 17.5. The van der Waals surface area contributed by atoms with Crippen LogP contribution in [0.25, 0.3) is 6.08 Å². The maximum Gasteiger partial charge on any atom is 0.305 e. The van der Waals surface area contributed by atoms with Gasteiger partial charge in [0.25, 0.3) is 0 Å². The third-order valence-corrected chi connectivity index (χ3v) is 3.35. The van der Waals surface area contributed by atoms with Gasteiger partial charge in [0.1, 0.15) is 0 Å². The van der Waals surface area contributed by atoms with Gasteiger partial charge in [-0.1, -0.05) is 61.9 Å². The topological polar surface area (TPSA) is 26.3 Å². The summed E-state index contributed by atoms with van der Waals surface area (Å²) >= 11 is 5.86. The first-order valence-corrected chi connectivity index (χ1v) is 7.50. The summed E-state index contributed by atoms with van der Waals surface area (Å²) in [5.41, 5.74) is 1.11. The van der Waals surface area contributed by atoms with Crippen molar-refractivity contribution in [3.63, 3.8) is 0 Å². The lowest BCUT2D eigenvalue weighted by molar-refractivity contribution is -0.140. The summed E-state index contributed by atoms with van der Waals surface area (Å²) in [5.74, 6) is -0.148. The van der Waals surface area contributed by atoms with Crippen LogP contribution in [0.2, 0.25) is 5.02 Å². The molecule has 0 heterocycles. The Kier molecular flexibility index (Phi) is 7.24. The van der Waals surface area contributed by atoms with Crippen LogP contribution < -0.4 is 0 Å². The number of esters is 1. The van der Waals surface area contributed by atoms with Gasteiger partial charge in [0.05, 0.1) is 7.11 Å². The number of ether oxygens (including phenoxy) is 1. The summed E-state index contributed by atoms with van der Waals surface area (Å²) in [5, 5.41) is 0.747. The Hall–Kier alpha value is -1.54. The molecule has 21 heavy (non-hydrogen) atoms. The fourth-order valence-electron chi connectivity index (χ4n) is 1.79. The second kappa shape index (κ2) is 8.68. The molecule has 0 atom stereocenters. The van der Waals surface area contributed by atoms with Gasteiger partial charge in [-0.15, -0.1) is 0 Å². The molecule has 1 aromatic carbocycles. The molecule has 0 N–H and O–H groups in total. The zero-order valence-electron chi connectivity index (χ0n) is 12.9. The van der Waals surface area contributed by atoms with Crippen molar-refractivity contribution in [3.05, 3.63) is 53.1 Å². The Morgan fingerprint density at radius 1 is 1.24 bits per heavy atom. The zero-order chi connectivity index (χ0) is 15.7. The normalized spacial score (nSPS) is 12.2. The van der Waals surface area contributed by atoms with E-state index >= 15 is 0 Å². The lowest BCUT2D eigenvalue weighted by Gasteiger charge is -2.14. The molecular weight excluding hydrogens is 284 g/mol. The van der Waals surface area contributed by atoms with Gasteiger partial charge in [0, 0.05) is 16.9 Å². The van der Waals surface area contributed by atoms with Crippen LogP contribution in [0, 0.1) is 5.41 Å². The van der Waals surface area contributed by atoms with Gasteiger partial charge >= 0.3 is 5.97 Å². The molecule has 1 rings (SSSR count). The van der Waals surface area contributed by atoms with Crippen molar-refractivity contribution in [2.45, 2.75) is 33.1 Å². The van der Waals surface area contributed by atoms with Crippen molar-refractivity contribution in [2.75, 3.05) is 7.11 Å². The van der Waals surface area contributed by atoms with Gasteiger partial charge in [0.2, 0.25) is 0 Å². The maximum atomic E-state index is 11.0. The molecule has 0 radical (unpaired) electrons. The van der Waals surface area contributed by atoms with Crippen LogP contribution >= 0.6 is 11.6 Å². The third-order valence-electron chi connectivity index (χ3n) is 3.10. The Morgan fingerprint density at radius 3 is 2.52 bits per heavy atom. The Bertz CT molecular complexity index is 498. The minimum atomic E-state index is -0.148. The fourth-order valence-corrected chi connectivity index (χ4v) is 1.92. The molecule has 0 fully saturated rings. The Morgan fingerprint density at radius 2 is 1.90 bits per heavy atom. The van der Waals surface area contributed by atoms with Crippen molar-refractivity contribution >= 4 is 23.6 Å². The number of methoxy groups -OCH3 is 1. The van der Waals surface area contributed by atoms with E-state index in [-0.39, 0.29) is 11.4 Å². The van der Waals surface area contributed by atoms with E-state index in [9.17, 15) is 4.79 Å². The average Bonchev–Trinajstić information content (AvgIpc) is 2.46. The molecule has 0 bridgehead atoms. The number of carbonyl (C=O) groups is 1. The maximum absolute atomic E-state index is 11.0. The van der Waals surface area contributed by atoms with Crippen LogP contribution in [0.3, 0.4) is 0 Å². The minimum Gasteiger partial charge on any atom is -0.469 e. The number of unbranched alkanes of at least 4 members (excludes halogenated alkanes) is 1.